The Morgan fingerprint density at radius 1 is 1.20 bits per heavy atom. The van der Waals surface area contributed by atoms with Crippen molar-refractivity contribution in [2.75, 3.05) is 20.7 Å². The molecule has 0 aliphatic heterocycles. The van der Waals surface area contributed by atoms with E-state index in [9.17, 15) is 22.8 Å². The van der Waals surface area contributed by atoms with Gasteiger partial charge in [-0.15, -0.1) is 0 Å². The summed E-state index contributed by atoms with van der Waals surface area (Å²) in [5.41, 5.74) is -0.895. The summed E-state index contributed by atoms with van der Waals surface area (Å²) in [5.74, 6) is -1.89. The van der Waals surface area contributed by atoms with Crippen LogP contribution in [0.4, 0.5) is 13.2 Å². The first kappa shape index (κ1) is 19.1. The number of rotatable bonds is 5. The molecule has 0 atom stereocenters. The monoisotopic (exact) mass is 373 g/mol. The third-order valence-electron chi connectivity index (χ3n) is 3.43. The van der Waals surface area contributed by atoms with E-state index in [1.165, 1.54) is 44.5 Å². The number of carbonyl (C=O) groups is 2. The Balaban J connectivity index is 2.66. The van der Waals surface area contributed by atoms with Crippen LogP contribution in [0.2, 0.25) is 0 Å². The molecule has 2 aromatic carbocycles. The van der Waals surface area contributed by atoms with Crippen molar-refractivity contribution in [3.05, 3.63) is 41.5 Å². The van der Waals surface area contributed by atoms with E-state index in [0.717, 1.165) is 4.90 Å². The molecule has 1 amide bonds. The van der Waals surface area contributed by atoms with Crippen molar-refractivity contribution in [3.63, 3.8) is 0 Å². The largest absolute Gasteiger partial charge is 0.480 e. The molecule has 0 bridgehead atoms. The third kappa shape index (κ3) is 4.05. The Morgan fingerprint density at radius 2 is 1.88 bits per heavy atom. The fraction of sp³-hybridized carbons (Fsp3) is 0.250. The summed E-state index contributed by atoms with van der Waals surface area (Å²) in [4.78, 5) is 24.0. The van der Waals surface area contributed by atoms with Gasteiger partial charge in [-0.25, -0.2) is 0 Å². The molecule has 9 heteroatoms. The van der Waals surface area contributed by atoms with Crippen LogP contribution in [-0.4, -0.2) is 42.6 Å². The second-order valence-corrected chi connectivity index (χ2v) is 6.08. The van der Waals surface area contributed by atoms with E-state index in [1.807, 2.05) is 0 Å². The lowest BCUT2D eigenvalue weighted by Gasteiger charge is -2.19. The highest BCUT2D eigenvalue weighted by Crippen LogP contribution is 2.42. The van der Waals surface area contributed by atoms with Gasteiger partial charge in [-0.1, -0.05) is 18.2 Å². The fourth-order valence-corrected chi connectivity index (χ4v) is 3.07. The van der Waals surface area contributed by atoms with Gasteiger partial charge in [-0.05, 0) is 22.9 Å². The molecule has 0 spiro atoms. The molecular weight excluding hydrogens is 359 g/mol. The molecule has 2 aromatic rings. The van der Waals surface area contributed by atoms with Gasteiger partial charge in [0.15, 0.2) is 0 Å². The van der Waals surface area contributed by atoms with Gasteiger partial charge < -0.3 is 14.2 Å². The zero-order valence-electron chi connectivity index (χ0n) is 13.3. The average Bonchev–Trinajstić information content (AvgIpc) is 2.51. The number of aliphatic carboxylic acids is 1. The summed E-state index contributed by atoms with van der Waals surface area (Å²) >= 11 is 0.580. The number of carboxylic acids is 1. The van der Waals surface area contributed by atoms with Crippen LogP contribution in [0.5, 0.6) is 0 Å². The maximum Gasteiger partial charge on any atom is 0.418 e. The topological polar surface area (TPSA) is 66.8 Å². The molecule has 0 aromatic heterocycles. The number of nitrogens with zero attached hydrogens (tertiary/aromatic N) is 1. The average molecular weight is 373 g/mol. The van der Waals surface area contributed by atoms with Gasteiger partial charge in [0.1, 0.15) is 6.54 Å². The Kier molecular flexibility index (Phi) is 5.58. The number of fused-ring (bicyclic) bond motifs is 1. The highest BCUT2D eigenvalue weighted by atomic mass is 32.2. The summed E-state index contributed by atoms with van der Waals surface area (Å²) in [6.07, 6.45) is -4.64. The van der Waals surface area contributed by atoms with Gasteiger partial charge in [0.25, 0.3) is 5.91 Å². The Bertz CT molecular complexity index is 823. The molecule has 0 saturated heterocycles. The Hall–Kier alpha value is -2.26. The summed E-state index contributed by atoms with van der Waals surface area (Å²) in [7, 11) is 2.53. The van der Waals surface area contributed by atoms with E-state index in [-0.39, 0.29) is 21.2 Å². The van der Waals surface area contributed by atoms with Gasteiger partial charge in [0.05, 0.1) is 12.7 Å². The van der Waals surface area contributed by atoms with Gasteiger partial charge in [-0.2, -0.15) is 13.2 Å². The van der Waals surface area contributed by atoms with Crippen molar-refractivity contribution in [2.24, 2.45) is 0 Å². The number of alkyl halides is 3. The molecule has 1 N–H and O–H groups in total. The second kappa shape index (κ2) is 7.32. The van der Waals surface area contributed by atoms with Crippen LogP contribution in [0.15, 0.2) is 35.2 Å². The smallest absolute Gasteiger partial charge is 0.418 e. The minimum absolute atomic E-state index is 0.000664. The summed E-state index contributed by atoms with van der Waals surface area (Å²) in [6, 6.07) is 6.60. The molecule has 0 radical (unpaired) electrons. The lowest BCUT2D eigenvalue weighted by atomic mass is 9.99. The Morgan fingerprint density at radius 3 is 2.44 bits per heavy atom. The van der Waals surface area contributed by atoms with Gasteiger partial charge in [-0.3, -0.25) is 9.59 Å². The van der Waals surface area contributed by atoms with E-state index in [4.69, 9.17) is 9.29 Å². The first-order chi connectivity index (χ1) is 11.7. The van der Waals surface area contributed by atoms with Crippen LogP contribution < -0.4 is 0 Å². The standard InChI is InChI=1S/C16H14F3NO4S/c1-20(8-13(21)22)15(23)11-5-3-4-10-9(11)6-7-12(25-24-2)14(10)16(17,18)19/h3-7H,8H2,1-2H3,(H,21,22). The predicted molar refractivity (Wildman–Crippen MR) is 86.4 cm³/mol. The van der Waals surface area contributed by atoms with Crippen LogP contribution in [0, 0.1) is 0 Å². The van der Waals surface area contributed by atoms with Crippen molar-refractivity contribution in [2.45, 2.75) is 11.1 Å². The van der Waals surface area contributed by atoms with Crippen LogP contribution in [0.1, 0.15) is 15.9 Å². The molecule has 134 valence electrons. The van der Waals surface area contributed by atoms with Crippen LogP contribution in [0.3, 0.4) is 0 Å². The van der Waals surface area contributed by atoms with Gasteiger partial charge in [0.2, 0.25) is 0 Å². The Labute approximate surface area is 145 Å². The molecule has 0 saturated carbocycles. The molecule has 2 rings (SSSR count). The first-order valence-corrected chi connectivity index (χ1v) is 7.71. The molecule has 0 heterocycles. The van der Waals surface area contributed by atoms with Crippen molar-refractivity contribution in [1.29, 1.82) is 0 Å². The van der Waals surface area contributed by atoms with Gasteiger partial charge in [0, 0.05) is 29.5 Å². The molecule has 0 aliphatic rings. The maximum atomic E-state index is 13.5. The number of carboxylic acid groups (broad SMARTS) is 1. The molecular formula is C16H14F3NO4S. The van der Waals surface area contributed by atoms with Crippen LogP contribution in [-0.2, 0) is 15.2 Å². The normalized spacial score (nSPS) is 11.6. The van der Waals surface area contributed by atoms with E-state index < -0.39 is 30.2 Å². The molecule has 25 heavy (non-hydrogen) atoms. The summed E-state index contributed by atoms with van der Waals surface area (Å²) < 4.78 is 45.3. The maximum absolute atomic E-state index is 13.5. The minimum atomic E-state index is -4.64. The first-order valence-electron chi connectivity index (χ1n) is 6.97. The van der Waals surface area contributed by atoms with E-state index in [1.54, 1.807) is 0 Å². The van der Waals surface area contributed by atoms with Crippen LogP contribution in [0.25, 0.3) is 10.8 Å². The SMILES string of the molecule is COSc1ccc2c(C(=O)N(C)CC(=O)O)cccc2c1C(F)(F)F. The zero-order chi connectivity index (χ0) is 18.8. The number of likely N-dealkylation sites (N-methyl/N-ethyl adjacent to an activating group) is 1. The number of hydrogen-bond acceptors (Lipinski definition) is 4. The van der Waals surface area contributed by atoms with Crippen molar-refractivity contribution < 1.29 is 32.0 Å². The summed E-state index contributed by atoms with van der Waals surface area (Å²) in [6.45, 7) is -0.557. The molecule has 0 fully saturated rings. The number of amides is 1. The minimum Gasteiger partial charge on any atom is -0.480 e. The van der Waals surface area contributed by atoms with E-state index in [2.05, 4.69) is 0 Å². The third-order valence-corrected chi connectivity index (χ3v) is 4.12. The van der Waals surface area contributed by atoms with E-state index in [0.29, 0.717) is 12.0 Å². The van der Waals surface area contributed by atoms with Crippen LogP contribution >= 0.6 is 12.0 Å². The second-order valence-electron chi connectivity index (χ2n) is 5.14. The highest BCUT2D eigenvalue weighted by Gasteiger charge is 2.36. The number of carbonyl (C=O) groups excluding carboxylic acids is 1. The van der Waals surface area contributed by atoms with Crippen molar-refractivity contribution in [3.8, 4) is 0 Å². The molecule has 0 aliphatic carbocycles. The van der Waals surface area contributed by atoms with E-state index >= 15 is 0 Å². The lowest BCUT2D eigenvalue weighted by Crippen LogP contribution is -2.32. The predicted octanol–water partition coefficient (Wildman–Crippen LogP) is 3.67. The highest BCUT2D eigenvalue weighted by molar-refractivity contribution is 7.94. The van der Waals surface area contributed by atoms with Crippen molar-refractivity contribution in [1.82, 2.24) is 4.90 Å². The lowest BCUT2D eigenvalue weighted by molar-refractivity contribution is -0.138. The van der Waals surface area contributed by atoms with Gasteiger partial charge >= 0.3 is 12.1 Å². The molecule has 5 nitrogen and oxygen atoms in total. The summed E-state index contributed by atoms with van der Waals surface area (Å²) in [5, 5.41) is 8.73. The number of halogens is 3. The van der Waals surface area contributed by atoms with Crippen molar-refractivity contribution >= 4 is 34.7 Å². The number of benzene rings is 2. The quantitative estimate of drug-likeness (QED) is 0.810. The number of hydrogen-bond donors (Lipinski definition) is 1. The fourth-order valence-electron chi connectivity index (χ4n) is 2.46. The zero-order valence-corrected chi connectivity index (χ0v) is 14.1. The molecule has 0 unspecified atom stereocenters.